The first-order valence-electron chi connectivity index (χ1n) is 9.94. The van der Waals surface area contributed by atoms with E-state index in [2.05, 4.69) is 27.6 Å². The minimum absolute atomic E-state index is 0.0749. The van der Waals surface area contributed by atoms with Crippen molar-refractivity contribution in [1.82, 2.24) is 15.5 Å². The summed E-state index contributed by atoms with van der Waals surface area (Å²) in [5.74, 6) is 0.889. The zero-order valence-corrected chi connectivity index (χ0v) is 17.8. The summed E-state index contributed by atoms with van der Waals surface area (Å²) in [5.41, 5.74) is 3.32. The molecule has 5 nitrogen and oxygen atoms in total. The van der Waals surface area contributed by atoms with Crippen LogP contribution in [0.2, 0.25) is 0 Å². The van der Waals surface area contributed by atoms with Gasteiger partial charge in [-0.2, -0.15) is 4.98 Å². The third-order valence-electron chi connectivity index (χ3n) is 4.86. The number of benzene rings is 2. The Kier molecular flexibility index (Phi) is 6.05. The van der Waals surface area contributed by atoms with Crippen LogP contribution >= 0.6 is 11.3 Å². The van der Waals surface area contributed by atoms with Crippen molar-refractivity contribution < 1.29 is 9.32 Å². The molecule has 2 heterocycles. The Balaban J connectivity index is 1.37. The molecule has 0 aliphatic rings. The van der Waals surface area contributed by atoms with Crippen molar-refractivity contribution in [2.24, 2.45) is 0 Å². The molecule has 0 saturated heterocycles. The van der Waals surface area contributed by atoms with Gasteiger partial charge in [0.15, 0.2) is 0 Å². The Bertz CT molecular complexity index is 1120. The molecule has 152 valence electrons. The molecule has 1 amide bonds. The average Bonchev–Trinajstić information content (AvgIpc) is 3.43. The van der Waals surface area contributed by atoms with Gasteiger partial charge in [0.2, 0.25) is 5.82 Å². The summed E-state index contributed by atoms with van der Waals surface area (Å²) < 4.78 is 5.40. The highest BCUT2D eigenvalue weighted by Gasteiger charge is 2.16. The lowest BCUT2D eigenvalue weighted by molar-refractivity contribution is 0.0942. The second-order valence-corrected chi connectivity index (χ2v) is 8.44. The van der Waals surface area contributed by atoms with Crippen LogP contribution in [0.3, 0.4) is 0 Å². The van der Waals surface area contributed by atoms with Crippen molar-refractivity contribution in [3.05, 3.63) is 82.7 Å². The van der Waals surface area contributed by atoms with Gasteiger partial charge in [0, 0.05) is 11.6 Å². The highest BCUT2D eigenvalue weighted by Crippen LogP contribution is 2.28. The van der Waals surface area contributed by atoms with E-state index >= 15 is 0 Å². The lowest BCUT2D eigenvalue weighted by Gasteiger charge is -2.13. The number of carbonyl (C=O) groups excluding carboxylic acids is 1. The zero-order valence-electron chi connectivity index (χ0n) is 17.0. The van der Waals surface area contributed by atoms with E-state index in [4.69, 9.17) is 4.52 Å². The van der Waals surface area contributed by atoms with Crippen LogP contribution < -0.4 is 5.32 Å². The second-order valence-electron chi connectivity index (χ2n) is 7.35. The highest BCUT2D eigenvalue weighted by molar-refractivity contribution is 7.17. The monoisotopic (exact) mass is 417 g/mol. The molecule has 0 saturated carbocycles. The first-order chi connectivity index (χ1) is 14.6. The topological polar surface area (TPSA) is 68.0 Å². The number of aromatic nitrogens is 2. The molecule has 4 aromatic rings. The number of amides is 1. The molecule has 4 rings (SSSR count). The summed E-state index contributed by atoms with van der Waals surface area (Å²) >= 11 is 1.36. The van der Waals surface area contributed by atoms with Gasteiger partial charge in [0.1, 0.15) is 0 Å². The number of hydrogen-bond acceptors (Lipinski definition) is 5. The van der Waals surface area contributed by atoms with Crippen LogP contribution in [0.15, 0.2) is 71.3 Å². The predicted octanol–water partition coefficient (Wildman–Crippen LogP) is 5.52. The fourth-order valence-corrected chi connectivity index (χ4v) is 3.95. The molecule has 0 aliphatic heterocycles. The van der Waals surface area contributed by atoms with Crippen molar-refractivity contribution in [1.29, 1.82) is 0 Å². The molecular weight excluding hydrogens is 394 g/mol. The van der Waals surface area contributed by atoms with Crippen molar-refractivity contribution in [3.8, 4) is 22.2 Å². The van der Waals surface area contributed by atoms with Crippen LogP contribution in [0.1, 0.15) is 34.1 Å². The first kappa shape index (κ1) is 20.0. The van der Waals surface area contributed by atoms with Crippen molar-refractivity contribution in [3.63, 3.8) is 0 Å². The summed E-state index contributed by atoms with van der Waals surface area (Å²) in [6.07, 6.45) is 1.82. The summed E-state index contributed by atoms with van der Waals surface area (Å²) in [6.45, 7) is 4.06. The molecular formula is C24H23N3O2S. The van der Waals surface area contributed by atoms with E-state index in [0.29, 0.717) is 16.6 Å². The molecule has 0 unspecified atom stereocenters. The molecule has 0 aliphatic carbocycles. The summed E-state index contributed by atoms with van der Waals surface area (Å²) in [6, 6.07) is 22.0. The number of aryl methyl sites for hydroxylation is 2. The quantitative estimate of drug-likeness (QED) is 0.430. The Labute approximate surface area is 179 Å². The lowest BCUT2D eigenvalue weighted by Crippen LogP contribution is -2.32. The molecule has 0 spiro atoms. The van der Waals surface area contributed by atoms with E-state index in [0.717, 1.165) is 23.3 Å². The highest BCUT2D eigenvalue weighted by atomic mass is 32.1. The summed E-state index contributed by atoms with van der Waals surface area (Å²) in [5, 5.41) is 7.15. The fraction of sp³-hybridized carbons (Fsp3) is 0.208. The van der Waals surface area contributed by atoms with E-state index in [1.54, 1.807) is 6.07 Å². The van der Waals surface area contributed by atoms with Gasteiger partial charge < -0.3 is 9.84 Å². The molecule has 0 fully saturated rings. The van der Waals surface area contributed by atoms with E-state index in [1.807, 2.05) is 62.4 Å². The van der Waals surface area contributed by atoms with E-state index in [-0.39, 0.29) is 11.9 Å². The molecule has 2 aromatic heterocycles. The van der Waals surface area contributed by atoms with Gasteiger partial charge in [-0.05, 0) is 56.5 Å². The summed E-state index contributed by atoms with van der Waals surface area (Å²) in [4.78, 5) is 18.5. The number of thiophene rings is 1. The van der Waals surface area contributed by atoms with Crippen LogP contribution in [-0.2, 0) is 6.42 Å². The van der Waals surface area contributed by atoms with Gasteiger partial charge in [0.25, 0.3) is 11.8 Å². The van der Waals surface area contributed by atoms with Gasteiger partial charge in [0.05, 0.1) is 9.75 Å². The van der Waals surface area contributed by atoms with Crippen LogP contribution in [0.5, 0.6) is 0 Å². The molecule has 1 atom stereocenters. The SMILES string of the molecule is Cc1ccc(-c2nc(-c3ccc(C(=O)N[C@H](C)CCc4ccccc4)s3)no2)cc1. The van der Waals surface area contributed by atoms with Crippen LogP contribution in [0, 0.1) is 6.92 Å². The third kappa shape index (κ3) is 4.83. The van der Waals surface area contributed by atoms with E-state index < -0.39 is 0 Å². The predicted molar refractivity (Wildman–Crippen MR) is 119 cm³/mol. The molecule has 30 heavy (non-hydrogen) atoms. The molecule has 0 bridgehead atoms. The van der Waals surface area contributed by atoms with Crippen LogP contribution in [-0.4, -0.2) is 22.1 Å². The van der Waals surface area contributed by atoms with Crippen molar-refractivity contribution in [2.45, 2.75) is 32.7 Å². The Morgan fingerprint density at radius 1 is 1.07 bits per heavy atom. The minimum atomic E-state index is -0.0749. The number of rotatable bonds is 7. The third-order valence-corrected chi connectivity index (χ3v) is 5.94. The van der Waals surface area contributed by atoms with Gasteiger partial charge in [-0.15, -0.1) is 11.3 Å². The minimum Gasteiger partial charge on any atom is -0.349 e. The number of carbonyl (C=O) groups is 1. The Hall–Kier alpha value is -3.25. The van der Waals surface area contributed by atoms with Crippen LogP contribution in [0.25, 0.3) is 22.2 Å². The van der Waals surface area contributed by atoms with Crippen molar-refractivity contribution >= 4 is 17.2 Å². The van der Waals surface area contributed by atoms with Crippen LogP contribution in [0.4, 0.5) is 0 Å². The molecule has 6 heteroatoms. The summed E-state index contributed by atoms with van der Waals surface area (Å²) in [7, 11) is 0. The van der Waals surface area contributed by atoms with Gasteiger partial charge in [-0.1, -0.05) is 53.2 Å². The molecule has 0 radical (unpaired) electrons. The van der Waals surface area contributed by atoms with Crippen molar-refractivity contribution in [2.75, 3.05) is 0 Å². The van der Waals surface area contributed by atoms with Gasteiger partial charge in [-0.3, -0.25) is 4.79 Å². The Morgan fingerprint density at radius 2 is 1.83 bits per heavy atom. The number of nitrogens with one attached hydrogen (secondary N) is 1. The maximum Gasteiger partial charge on any atom is 0.261 e. The second kappa shape index (κ2) is 9.05. The standard InChI is InChI=1S/C24H23N3O2S/c1-16-8-12-19(13-9-16)24-26-22(27-29-24)20-14-15-21(30-20)23(28)25-17(2)10-11-18-6-4-3-5-7-18/h3-9,12-15,17H,10-11H2,1-2H3,(H,25,28)/t17-/m1/s1. The molecule has 2 aromatic carbocycles. The van der Waals surface area contributed by atoms with Gasteiger partial charge >= 0.3 is 0 Å². The smallest absolute Gasteiger partial charge is 0.261 e. The largest absolute Gasteiger partial charge is 0.349 e. The Morgan fingerprint density at radius 3 is 2.60 bits per heavy atom. The normalized spacial score (nSPS) is 11.9. The number of hydrogen-bond donors (Lipinski definition) is 1. The fourth-order valence-electron chi connectivity index (χ4n) is 3.11. The zero-order chi connectivity index (χ0) is 20.9. The van der Waals surface area contributed by atoms with Gasteiger partial charge in [-0.25, -0.2) is 0 Å². The maximum atomic E-state index is 12.6. The first-order valence-corrected chi connectivity index (χ1v) is 10.8. The maximum absolute atomic E-state index is 12.6. The van der Waals surface area contributed by atoms with E-state index in [1.165, 1.54) is 22.5 Å². The average molecular weight is 418 g/mol. The molecule has 1 N–H and O–H groups in total. The lowest BCUT2D eigenvalue weighted by atomic mass is 10.1. The van der Waals surface area contributed by atoms with E-state index in [9.17, 15) is 4.79 Å². The number of nitrogens with zero attached hydrogens (tertiary/aromatic N) is 2.